The molecule has 3 rings (SSSR count). The number of nitrogens with zero attached hydrogens (tertiary/aromatic N) is 3. The van der Waals surface area contributed by atoms with Crippen LogP contribution in [0.15, 0.2) is 52.4 Å². The average molecular weight is 576 g/mol. The fourth-order valence-corrected chi connectivity index (χ4v) is 6.94. The summed E-state index contributed by atoms with van der Waals surface area (Å²) in [6, 6.07) is 11.1. The molecule has 0 spiro atoms. The number of hydrogen-bond acceptors (Lipinski definition) is 7. The monoisotopic (exact) mass is 575 g/mol. The van der Waals surface area contributed by atoms with Crippen molar-refractivity contribution in [2.45, 2.75) is 46.1 Å². The van der Waals surface area contributed by atoms with E-state index in [0.717, 1.165) is 10.2 Å². The number of fused-ring (bicyclic) bond motifs is 1. The Kier molecular flexibility index (Phi) is 10.6. The maximum absolute atomic E-state index is 13.3. The van der Waals surface area contributed by atoms with Crippen LogP contribution in [-0.4, -0.2) is 62.6 Å². The third-order valence-corrected chi connectivity index (χ3v) is 8.73. The molecule has 0 bridgehead atoms. The minimum atomic E-state index is -3.71. The first-order valence-corrected chi connectivity index (χ1v) is 15.2. The zero-order valence-electron chi connectivity index (χ0n) is 23.3. The molecule has 0 aliphatic heterocycles. The van der Waals surface area contributed by atoms with Crippen LogP contribution in [0.3, 0.4) is 0 Å². The number of esters is 1. The number of aromatic nitrogens is 1. The molecule has 3 aromatic rings. The van der Waals surface area contributed by atoms with Crippen molar-refractivity contribution < 1.29 is 27.5 Å². The Morgan fingerprint density at radius 1 is 1.00 bits per heavy atom. The maximum Gasteiger partial charge on any atom is 0.337 e. The van der Waals surface area contributed by atoms with E-state index in [9.17, 15) is 18.0 Å². The van der Waals surface area contributed by atoms with Crippen molar-refractivity contribution >= 4 is 43.5 Å². The van der Waals surface area contributed by atoms with E-state index < -0.39 is 21.9 Å². The Morgan fingerprint density at radius 2 is 1.62 bits per heavy atom. The molecule has 0 atom stereocenters. The summed E-state index contributed by atoms with van der Waals surface area (Å²) in [5, 5.41) is 0. The lowest BCUT2D eigenvalue weighted by atomic mass is 10.2. The Bertz CT molecular complexity index is 1460. The van der Waals surface area contributed by atoms with Crippen molar-refractivity contribution in [1.82, 2.24) is 8.87 Å². The molecule has 9 nitrogen and oxygen atoms in total. The molecule has 0 N–H and O–H groups in total. The van der Waals surface area contributed by atoms with E-state index in [1.54, 1.807) is 18.2 Å². The zero-order chi connectivity index (χ0) is 28.7. The molecule has 0 unspecified atom stereocenters. The molecular formula is C28H37N3O6S2. The van der Waals surface area contributed by atoms with Gasteiger partial charge in [0, 0.05) is 31.8 Å². The van der Waals surface area contributed by atoms with E-state index in [4.69, 9.17) is 9.47 Å². The van der Waals surface area contributed by atoms with Gasteiger partial charge in [0.1, 0.15) is 0 Å². The number of benzene rings is 2. The highest BCUT2D eigenvalue weighted by atomic mass is 32.2. The zero-order valence-corrected chi connectivity index (χ0v) is 25.0. The van der Waals surface area contributed by atoms with Crippen LogP contribution in [0.1, 0.15) is 55.3 Å². The van der Waals surface area contributed by atoms with Crippen molar-refractivity contribution in [2.75, 3.05) is 33.4 Å². The van der Waals surface area contributed by atoms with Crippen LogP contribution in [0.4, 0.5) is 0 Å². The van der Waals surface area contributed by atoms with Crippen LogP contribution >= 0.6 is 11.3 Å². The highest BCUT2D eigenvalue weighted by molar-refractivity contribution is 7.89. The van der Waals surface area contributed by atoms with Gasteiger partial charge in [-0.05, 0) is 61.2 Å². The topological polar surface area (TPSA) is 107 Å². The second kappa shape index (κ2) is 13.5. The normalized spacial score (nSPS) is 12.7. The minimum Gasteiger partial charge on any atom is -0.465 e. The predicted molar refractivity (Wildman–Crippen MR) is 152 cm³/mol. The minimum absolute atomic E-state index is 0.143. The largest absolute Gasteiger partial charge is 0.465 e. The summed E-state index contributed by atoms with van der Waals surface area (Å²) < 4.78 is 41.1. The highest BCUT2D eigenvalue weighted by Gasteiger charge is 2.26. The molecule has 212 valence electrons. The van der Waals surface area contributed by atoms with Gasteiger partial charge in [-0.25, -0.2) is 13.2 Å². The number of ether oxygens (including phenoxy) is 2. The van der Waals surface area contributed by atoms with Crippen molar-refractivity contribution in [1.29, 1.82) is 0 Å². The Labute approximate surface area is 234 Å². The molecular weight excluding hydrogens is 538 g/mol. The molecule has 0 aliphatic carbocycles. The van der Waals surface area contributed by atoms with Gasteiger partial charge in [-0.3, -0.25) is 4.79 Å². The number of methoxy groups -OCH3 is 1. The van der Waals surface area contributed by atoms with Crippen molar-refractivity contribution in [3.05, 3.63) is 58.4 Å². The van der Waals surface area contributed by atoms with E-state index >= 15 is 0 Å². The second-order valence-electron chi connectivity index (χ2n) is 9.96. The quantitative estimate of drug-likeness (QED) is 0.231. The highest BCUT2D eigenvalue weighted by Crippen LogP contribution is 2.22. The predicted octanol–water partition coefficient (Wildman–Crippen LogP) is 4.57. The van der Waals surface area contributed by atoms with E-state index in [1.807, 2.05) is 39.2 Å². The number of amides is 1. The molecule has 0 saturated heterocycles. The Morgan fingerprint density at radius 3 is 2.18 bits per heavy atom. The molecule has 0 saturated carbocycles. The summed E-state index contributed by atoms with van der Waals surface area (Å²) >= 11 is 1.28. The summed E-state index contributed by atoms with van der Waals surface area (Å²) in [7, 11) is -2.38. The Hall–Kier alpha value is -2.86. The van der Waals surface area contributed by atoms with Gasteiger partial charge in [0.05, 0.1) is 34.4 Å². The van der Waals surface area contributed by atoms with Crippen molar-refractivity contribution in [3.8, 4) is 0 Å². The SMILES string of the molecule is CCOCCn1c(=NC(=O)c2ccc(S(=O)(=O)N(CC(C)C)CC(C)C)cc2)sc2cc(C(=O)OC)ccc21. The number of hydrogen-bond donors (Lipinski definition) is 0. The fraction of sp³-hybridized carbons (Fsp3) is 0.464. The lowest BCUT2D eigenvalue weighted by Crippen LogP contribution is -2.37. The van der Waals surface area contributed by atoms with Crippen LogP contribution in [0.5, 0.6) is 0 Å². The van der Waals surface area contributed by atoms with Crippen molar-refractivity contribution in [2.24, 2.45) is 16.8 Å². The first-order chi connectivity index (χ1) is 18.5. The summed E-state index contributed by atoms with van der Waals surface area (Å²) in [6.07, 6.45) is 0. The van der Waals surface area contributed by atoms with Gasteiger partial charge >= 0.3 is 5.97 Å². The maximum atomic E-state index is 13.3. The fourth-order valence-electron chi connectivity index (χ4n) is 4.07. The van der Waals surface area contributed by atoms with Crippen LogP contribution in [0.25, 0.3) is 10.2 Å². The molecule has 0 fully saturated rings. The van der Waals surface area contributed by atoms with Crippen molar-refractivity contribution in [3.63, 3.8) is 0 Å². The first-order valence-electron chi connectivity index (χ1n) is 13.0. The number of sulfonamides is 1. The summed E-state index contributed by atoms with van der Waals surface area (Å²) in [6.45, 7) is 12.1. The van der Waals surface area contributed by atoms with E-state index in [0.29, 0.717) is 43.2 Å². The number of thiazole rings is 1. The lowest BCUT2D eigenvalue weighted by Gasteiger charge is -2.25. The van der Waals surface area contributed by atoms with Crippen LogP contribution < -0.4 is 4.80 Å². The van der Waals surface area contributed by atoms with Gasteiger partial charge in [-0.15, -0.1) is 0 Å². The average Bonchev–Trinajstić information content (AvgIpc) is 3.23. The lowest BCUT2D eigenvalue weighted by molar-refractivity contribution is 0.0600. The summed E-state index contributed by atoms with van der Waals surface area (Å²) in [5.74, 6) is -0.587. The molecule has 0 aliphatic rings. The van der Waals surface area contributed by atoms with Crippen LogP contribution in [-0.2, 0) is 26.0 Å². The van der Waals surface area contributed by atoms with Crippen LogP contribution in [0.2, 0.25) is 0 Å². The molecule has 11 heteroatoms. The van der Waals surface area contributed by atoms with E-state index in [1.165, 1.54) is 47.0 Å². The second-order valence-corrected chi connectivity index (χ2v) is 12.9. The molecule has 1 aromatic heterocycles. The smallest absolute Gasteiger partial charge is 0.337 e. The third-order valence-electron chi connectivity index (χ3n) is 5.84. The van der Waals surface area contributed by atoms with Gasteiger partial charge in [-0.1, -0.05) is 39.0 Å². The number of carbonyl (C=O) groups is 2. The molecule has 1 amide bonds. The summed E-state index contributed by atoms with van der Waals surface area (Å²) in [5.41, 5.74) is 1.50. The standard InChI is InChI=1S/C28H37N3O6S2/c1-7-37-15-14-31-24-13-10-22(27(33)36-6)16-25(24)38-28(31)29-26(32)21-8-11-23(12-9-21)39(34,35)30(17-19(2)3)18-20(4)5/h8-13,16,19-20H,7,14-15,17-18H2,1-6H3. The molecule has 2 aromatic carbocycles. The number of carbonyl (C=O) groups excluding carboxylic acids is 2. The van der Waals surface area contributed by atoms with Crippen LogP contribution in [0, 0.1) is 11.8 Å². The van der Waals surface area contributed by atoms with Gasteiger partial charge in [0.25, 0.3) is 5.91 Å². The van der Waals surface area contributed by atoms with Gasteiger partial charge < -0.3 is 14.0 Å². The van der Waals surface area contributed by atoms with Gasteiger partial charge in [0.15, 0.2) is 4.80 Å². The first kappa shape index (κ1) is 30.7. The molecule has 1 heterocycles. The molecule has 0 radical (unpaired) electrons. The van der Waals surface area contributed by atoms with Gasteiger partial charge in [0.2, 0.25) is 10.0 Å². The number of rotatable bonds is 12. The van der Waals surface area contributed by atoms with E-state index in [2.05, 4.69) is 4.99 Å². The van der Waals surface area contributed by atoms with E-state index in [-0.39, 0.29) is 22.3 Å². The molecule has 39 heavy (non-hydrogen) atoms. The summed E-state index contributed by atoms with van der Waals surface area (Å²) in [4.78, 5) is 30.1. The van der Waals surface area contributed by atoms with Gasteiger partial charge in [-0.2, -0.15) is 9.30 Å². The Balaban J connectivity index is 1.97. The third kappa shape index (κ3) is 7.63.